The second-order valence-electron chi connectivity index (χ2n) is 6.18. The fraction of sp³-hybridized carbons (Fsp3) is 0.944. The van der Waals surface area contributed by atoms with Gasteiger partial charge in [0, 0.05) is 0 Å². The fourth-order valence-corrected chi connectivity index (χ4v) is 2.67. The van der Waals surface area contributed by atoms with Gasteiger partial charge in [0.2, 0.25) is 0 Å². The number of rotatable bonds is 15. The summed E-state index contributed by atoms with van der Waals surface area (Å²) in [7, 11) is -4.28. The van der Waals surface area contributed by atoms with Gasteiger partial charge < -0.3 is 19.8 Å². The van der Waals surface area contributed by atoms with E-state index in [0.29, 0.717) is 0 Å². The van der Waals surface area contributed by atoms with E-state index in [1.807, 2.05) is 0 Å². The Morgan fingerprint density at radius 3 is 1.64 bits per heavy atom. The largest absolute Gasteiger partial charge is 0.465 e. The Kier molecular flexibility index (Phi) is 21.3. The van der Waals surface area contributed by atoms with Crippen molar-refractivity contribution in [3.8, 4) is 0 Å². The molecule has 0 aliphatic carbocycles. The van der Waals surface area contributed by atoms with E-state index in [2.05, 4.69) is 26.1 Å². The van der Waals surface area contributed by atoms with Crippen LogP contribution in [0.15, 0.2) is 0 Å². The number of unbranched alkanes of at least 4 members (excludes halogenated alkanes) is 9. The van der Waals surface area contributed by atoms with E-state index in [9.17, 15) is 9.36 Å². The molecule has 0 saturated carbocycles. The predicted octanol–water partition coefficient (Wildman–Crippen LogP) is 4.24. The Balaban J connectivity index is 0. The van der Waals surface area contributed by atoms with E-state index in [0.717, 1.165) is 32.4 Å². The van der Waals surface area contributed by atoms with Crippen LogP contribution in [-0.2, 0) is 14.1 Å². The average Bonchev–Trinajstić information content (AvgIpc) is 2.52. The number of nitrogens with one attached hydrogen (secondary N) is 1. The predicted molar refractivity (Wildman–Crippen MR) is 104 cm³/mol. The van der Waals surface area contributed by atoms with Crippen molar-refractivity contribution < 1.29 is 23.9 Å². The summed E-state index contributed by atoms with van der Waals surface area (Å²) in [5.41, 5.74) is 0. The maximum absolute atomic E-state index is 11.0. The lowest BCUT2D eigenvalue weighted by Gasteiger charge is -2.06. The molecule has 0 amide bonds. The van der Waals surface area contributed by atoms with E-state index in [1.54, 1.807) is 0 Å². The average molecular weight is 381 g/mol. The summed E-state index contributed by atoms with van der Waals surface area (Å²) < 4.78 is 15.3. The monoisotopic (exact) mass is 381 g/mol. The molecule has 25 heavy (non-hydrogen) atoms. The summed E-state index contributed by atoms with van der Waals surface area (Å²) in [5.74, 6) is -0.811. The summed E-state index contributed by atoms with van der Waals surface area (Å²) in [6.07, 6.45) is 11.1. The maximum Gasteiger partial charge on any atom is 0.336 e. The zero-order valence-electron chi connectivity index (χ0n) is 16.5. The normalized spacial score (nSPS) is 10.9. The van der Waals surface area contributed by atoms with Crippen LogP contribution < -0.4 is 5.32 Å². The van der Waals surface area contributed by atoms with Crippen molar-refractivity contribution in [1.82, 2.24) is 5.32 Å². The third kappa shape index (κ3) is 28.6. The summed E-state index contributed by atoms with van der Waals surface area (Å²) in [5, 5.41) is 3.11. The first kappa shape index (κ1) is 26.8. The highest BCUT2D eigenvalue weighted by atomic mass is 31.2. The van der Waals surface area contributed by atoms with Crippen LogP contribution in [0.5, 0.6) is 0 Å². The number of carbonyl (C=O) groups is 1. The summed E-state index contributed by atoms with van der Waals surface area (Å²) in [4.78, 5) is 28.2. The number of ether oxygens (including phenoxy) is 1. The summed E-state index contributed by atoms with van der Waals surface area (Å²) in [6, 6.07) is 0. The van der Waals surface area contributed by atoms with E-state index < -0.39 is 19.7 Å². The number of hydrogen-bond donors (Lipinski definition) is 3. The minimum atomic E-state index is -4.28. The van der Waals surface area contributed by atoms with Crippen molar-refractivity contribution in [2.24, 2.45) is 0 Å². The molecule has 0 aliphatic heterocycles. The van der Waals surface area contributed by atoms with E-state index in [1.165, 1.54) is 44.9 Å². The molecule has 0 rings (SSSR count). The van der Waals surface area contributed by atoms with Gasteiger partial charge in [-0.3, -0.25) is 9.36 Å². The van der Waals surface area contributed by atoms with Gasteiger partial charge in [0.15, 0.2) is 0 Å². The molecule has 0 aromatic rings. The van der Waals surface area contributed by atoms with E-state index in [4.69, 9.17) is 14.5 Å². The molecule has 0 aromatic carbocycles. The molecule has 0 aliphatic rings. The number of carbonyl (C=O) groups excluding carboxylic acids is 1. The Labute approximate surface area is 154 Å². The standard InChI is InChI=1S/C14H29O5P.C4H11N/c1-2-3-4-5-6-7-8-9-10-11-12-19-14(15)13-20(16,17)18;1-3-5-4-2/h2-13H2,1H3,(H2,16,17,18);5H,3-4H2,1-2H3. The molecule has 0 unspecified atom stereocenters. The first-order valence-corrected chi connectivity index (χ1v) is 11.6. The SMILES string of the molecule is CCCCCCCCCCCCOC(=O)CP(=O)(O)O.CCNCC. The molecule has 3 N–H and O–H groups in total. The lowest BCUT2D eigenvalue weighted by Crippen LogP contribution is -2.10. The molecular formula is C18H40NO5P. The second-order valence-corrected chi connectivity index (χ2v) is 7.83. The van der Waals surface area contributed by atoms with Gasteiger partial charge in [0.1, 0.15) is 6.16 Å². The van der Waals surface area contributed by atoms with Crippen molar-refractivity contribution in [3.05, 3.63) is 0 Å². The lowest BCUT2D eigenvalue weighted by atomic mass is 10.1. The highest BCUT2D eigenvalue weighted by Gasteiger charge is 2.19. The highest BCUT2D eigenvalue weighted by Crippen LogP contribution is 2.33. The Morgan fingerprint density at radius 1 is 0.840 bits per heavy atom. The smallest absolute Gasteiger partial charge is 0.336 e. The Bertz CT molecular complexity index is 331. The van der Waals surface area contributed by atoms with Gasteiger partial charge >= 0.3 is 13.6 Å². The maximum atomic E-state index is 11.0. The van der Waals surface area contributed by atoms with Gasteiger partial charge in [-0.05, 0) is 19.5 Å². The van der Waals surface area contributed by atoms with Gasteiger partial charge in [-0.25, -0.2) is 0 Å². The molecule has 0 atom stereocenters. The van der Waals surface area contributed by atoms with Crippen LogP contribution in [0.3, 0.4) is 0 Å². The zero-order chi connectivity index (χ0) is 19.4. The highest BCUT2D eigenvalue weighted by molar-refractivity contribution is 7.52. The van der Waals surface area contributed by atoms with Crippen LogP contribution in [0.4, 0.5) is 0 Å². The summed E-state index contributed by atoms with van der Waals surface area (Å²) in [6.45, 7) is 8.86. The van der Waals surface area contributed by atoms with Crippen LogP contribution in [0, 0.1) is 0 Å². The molecular weight excluding hydrogens is 341 g/mol. The minimum absolute atomic E-state index is 0.259. The zero-order valence-corrected chi connectivity index (χ0v) is 17.4. The van der Waals surface area contributed by atoms with Crippen molar-refractivity contribution in [3.63, 3.8) is 0 Å². The van der Waals surface area contributed by atoms with Gasteiger partial charge in [0.25, 0.3) is 0 Å². The van der Waals surface area contributed by atoms with Gasteiger partial charge in [-0.15, -0.1) is 0 Å². The second kappa shape index (κ2) is 19.9. The fourth-order valence-electron chi connectivity index (χ4n) is 2.24. The number of esters is 1. The van der Waals surface area contributed by atoms with Crippen LogP contribution >= 0.6 is 7.60 Å². The molecule has 7 heteroatoms. The lowest BCUT2D eigenvalue weighted by molar-refractivity contribution is -0.140. The van der Waals surface area contributed by atoms with Gasteiger partial charge in [-0.2, -0.15) is 0 Å². The number of hydrogen-bond acceptors (Lipinski definition) is 4. The van der Waals surface area contributed by atoms with Crippen molar-refractivity contribution in [2.75, 3.05) is 25.9 Å². The van der Waals surface area contributed by atoms with E-state index in [-0.39, 0.29) is 6.61 Å². The third-order valence-electron chi connectivity index (χ3n) is 3.60. The third-order valence-corrected chi connectivity index (χ3v) is 4.27. The Morgan fingerprint density at radius 2 is 1.28 bits per heavy atom. The summed E-state index contributed by atoms with van der Waals surface area (Å²) >= 11 is 0. The minimum Gasteiger partial charge on any atom is -0.465 e. The van der Waals surface area contributed by atoms with Gasteiger partial charge in [0.05, 0.1) is 6.61 Å². The quantitative estimate of drug-likeness (QED) is 0.223. The van der Waals surface area contributed by atoms with Crippen LogP contribution in [0.1, 0.15) is 85.0 Å². The first-order chi connectivity index (χ1) is 11.9. The molecule has 0 spiro atoms. The van der Waals surface area contributed by atoms with E-state index >= 15 is 0 Å². The molecule has 0 fully saturated rings. The first-order valence-electron chi connectivity index (χ1n) is 9.78. The van der Waals surface area contributed by atoms with Crippen LogP contribution in [0.25, 0.3) is 0 Å². The van der Waals surface area contributed by atoms with Crippen molar-refractivity contribution in [1.29, 1.82) is 0 Å². The molecule has 0 bridgehead atoms. The Hall–Kier alpha value is -0.420. The van der Waals surface area contributed by atoms with Crippen molar-refractivity contribution >= 4 is 13.6 Å². The molecule has 0 saturated heterocycles. The molecule has 6 nitrogen and oxygen atoms in total. The molecule has 0 heterocycles. The molecule has 0 aromatic heterocycles. The van der Waals surface area contributed by atoms with Crippen LogP contribution in [0.2, 0.25) is 0 Å². The van der Waals surface area contributed by atoms with Crippen LogP contribution in [-0.4, -0.2) is 41.6 Å². The molecule has 0 radical (unpaired) electrons. The topological polar surface area (TPSA) is 95.9 Å². The van der Waals surface area contributed by atoms with Gasteiger partial charge in [-0.1, -0.05) is 78.6 Å². The molecule has 152 valence electrons. The van der Waals surface area contributed by atoms with Crippen molar-refractivity contribution in [2.45, 2.75) is 85.0 Å².